The Hall–Kier alpha value is -2.29. The van der Waals surface area contributed by atoms with Crippen LogP contribution in [0.15, 0.2) is 47.4 Å². The third-order valence-corrected chi connectivity index (χ3v) is 5.95. The molecule has 0 aliphatic rings. The molecule has 0 atom stereocenters. The molecule has 0 saturated carbocycles. The lowest BCUT2D eigenvalue weighted by Crippen LogP contribution is -2.29. The maximum atomic E-state index is 12.5. The Kier molecular flexibility index (Phi) is 7.68. The first-order valence-corrected chi connectivity index (χ1v) is 10.5. The number of ether oxygens (including phenoxy) is 1. The molecular weight excluding hydrogens is 402 g/mol. The molecule has 0 aliphatic heterocycles. The van der Waals surface area contributed by atoms with Crippen molar-refractivity contribution in [3.8, 4) is 5.75 Å². The van der Waals surface area contributed by atoms with Gasteiger partial charge in [-0.25, -0.2) is 12.7 Å². The summed E-state index contributed by atoms with van der Waals surface area (Å²) >= 11 is 5.83. The normalized spacial score (nSPS) is 11.3. The van der Waals surface area contributed by atoms with Crippen LogP contribution in [0.1, 0.15) is 12.5 Å². The first kappa shape index (κ1) is 22.0. The van der Waals surface area contributed by atoms with Crippen molar-refractivity contribution in [2.75, 3.05) is 32.6 Å². The maximum absolute atomic E-state index is 12.5. The quantitative estimate of drug-likeness (QED) is 0.645. The lowest BCUT2D eigenvalue weighted by molar-refractivity contribution is -0.119. The molecule has 152 valence electrons. The molecule has 0 radical (unpaired) electrons. The van der Waals surface area contributed by atoms with Gasteiger partial charge in [0.2, 0.25) is 15.9 Å². The third-order valence-electron chi connectivity index (χ3n) is 3.86. The van der Waals surface area contributed by atoms with Crippen LogP contribution in [0.2, 0.25) is 5.02 Å². The number of amides is 1. The van der Waals surface area contributed by atoms with E-state index in [4.69, 9.17) is 16.3 Å². The van der Waals surface area contributed by atoms with E-state index in [0.717, 1.165) is 9.87 Å². The third kappa shape index (κ3) is 5.85. The van der Waals surface area contributed by atoms with Gasteiger partial charge in [-0.2, -0.15) is 0 Å². The van der Waals surface area contributed by atoms with Crippen LogP contribution in [0.3, 0.4) is 0 Å². The standard InChI is InChI=1S/C19H24ClN3O4S/c1-4-27-17-10-9-16(11-18(17)28(25,26)23(2)3)21-13-19(24)22-12-14-5-7-15(20)8-6-14/h5-11,21H,4,12-13H2,1-3H3,(H,22,24). The van der Waals surface area contributed by atoms with Crippen molar-refractivity contribution in [3.05, 3.63) is 53.1 Å². The van der Waals surface area contributed by atoms with E-state index in [1.54, 1.807) is 31.2 Å². The average Bonchev–Trinajstić information content (AvgIpc) is 2.66. The molecule has 7 nitrogen and oxygen atoms in total. The number of nitrogens with zero attached hydrogens (tertiary/aromatic N) is 1. The van der Waals surface area contributed by atoms with Gasteiger partial charge in [0.15, 0.2) is 0 Å². The van der Waals surface area contributed by atoms with Gasteiger partial charge in [0, 0.05) is 31.4 Å². The molecule has 0 saturated heterocycles. The number of benzene rings is 2. The number of nitrogens with one attached hydrogen (secondary N) is 2. The highest BCUT2D eigenvalue weighted by molar-refractivity contribution is 7.89. The number of carbonyl (C=O) groups is 1. The molecular formula is C19H24ClN3O4S. The zero-order valence-electron chi connectivity index (χ0n) is 16.0. The van der Waals surface area contributed by atoms with E-state index in [1.165, 1.54) is 20.2 Å². The number of halogens is 1. The summed E-state index contributed by atoms with van der Waals surface area (Å²) < 4.78 is 31.6. The second kappa shape index (κ2) is 9.77. The van der Waals surface area contributed by atoms with Gasteiger partial charge in [-0.05, 0) is 42.8 Å². The van der Waals surface area contributed by atoms with Crippen molar-refractivity contribution in [1.82, 2.24) is 9.62 Å². The smallest absolute Gasteiger partial charge is 0.246 e. The van der Waals surface area contributed by atoms with Gasteiger partial charge in [0.1, 0.15) is 10.6 Å². The maximum Gasteiger partial charge on any atom is 0.246 e. The van der Waals surface area contributed by atoms with E-state index < -0.39 is 10.0 Å². The summed E-state index contributed by atoms with van der Waals surface area (Å²) in [4.78, 5) is 12.1. The van der Waals surface area contributed by atoms with Crippen LogP contribution in [-0.2, 0) is 21.4 Å². The van der Waals surface area contributed by atoms with Gasteiger partial charge in [0.25, 0.3) is 0 Å². The van der Waals surface area contributed by atoms with Crippen LogP contribution in [-0.4, -0.2) is 45.9 Å². The van der Waals surface area contributed by atoms with Gasteiger partial charge < -0.3 is 15.4 Å². The summed E-state index contributed by atoms with van der Waals surface area (Å²) in [5.74, 6) is 0.0507. The number of rotatable bonds is 9. The average molecular weight is 426 g/mol. The number of hydrogen-bond acceptors (Lipinski definition) is 5. The van der Waals surface area contributed by atoms with Crippen LogP contribution < -0.4 is 15.4 Å². The van der Waals surface area contributed by atoms with Gasteiger partial charge in [-0.1, -0.05) is 23.7 Å². The number of anilines is 1. The minimum atomic E-state index is -3.68. The second-order valence-electron chi connectivity index (χ2n) is 6.14. The van der Waals surface area contributed by atoms with Gasteiger partial charge >= 0.3 is 0 Å². The Bertz CT molecular complexity index is 915. The molecule has 2 rings (SSSR count). The molecule has 2 aromatic rings. The molecule has 2 aromatic carbocycles. The predicted molar refractivity (Wildman–Crippen MR) is 110 cm³/mol. The molecule has 0 fully saturated rings. The lowest BCUT2D eigenvalue weighted by atomic mass is 10.2. The fourth-order valence-corrected chi connectivity index (χ4v) is 3.52. The molecule has 28 heavy (non-hydrogen) atoms. The van der Waals surface area contributed by atoms with Gasteiger partial charge in [-0.3, -0.25) is 4.79 Å². The van der Waals surface area contributed by atoms with Gasteiger partial charge in [-0.15, -0.1) is 0 Å². The van der Waals surface area contributed by atoms with Crippen molar-refractivity contribution in [2.45, 2.75) is 18.4 Å². The Labute approximate surface area is 170 Å². The minimum absolute atomic E-state index is 0.00300. The van der Waals surface area contributed by atoms with Crippen LogP contribution in [0, 0.1) is 0 Å². The predicted octanol–water partition coefficient (Wildman–Crippen LogP) is 2.72. The van der Waals surface area contributed by atoms with Crippen LogP contribution in [0.25, 0.3) is 0 Å². The highest BCUT2D eigenvalue weighted by Gasteiger charge is 2.23. The van der Waals surface area contributed by atoms with Crippen molar-refractivity contribution >= 4 is 33.2 Å². The fraction of sp³-hybridized carbons (Fsp3) is 0.316. The second-order valence-corrected chi connectivity index (χ2v) is 8.70. The van der Waals surface area contributed by atoms with Crippen LogP contribution >= 0.6 is 11.6 Å². The Morgan fingerprint density at radius 1 is 1.14 bits per heavy atom. The summed E-state index contributed by atoms with van der Waals surface area (Å²) in [7, 11) is -0.776. The van der Waals surface area contributed by atoms with E-state index in [9.17, 15) is 13.2 Å². The largest absolute Gasteiger partial charge is 0.492 e. The Morgan fingerprint density at radius 3 is 2.43 bits per heavy atom. The topological polar surface area (TPSA) is 87.7 Å². The summed E-state index contributed by atoms with van der Waals surface area (Å²) in [5.41, 5.74) is 1.43. The molecule has 0 heterocycles. The zero-order valence-corrected chi connectivity index (χ0v) is 17.6. The van der Waals surface area contributed by atoms with Crippen LogP contribution in [0.5, 0.6) is 5.75 Å². The fourth-order valence-electron chi connectivity index (χ4n) is 2.34. The monoisotopic (exact) mass is 425 g/mol. The van der Waals surface area contributed by atoms with E-state index in [1.807, 2.05) is 12.1 Å². The molecule has 9 heteroatoms. The van der Waals surface area contributed by atoms with E-state index in [-0.39, 0.29) is 23.1 Å². The molecule has 1 amide bonds. The summed E-state index contributed by atoms with van der Waals surface area (Å²) in [6.45, 7) is 2.50. The number of hydrogen-bond donors (Lipinski definition) is 2. The van der Waals surface area contributed by atoms with Crippen LogP contribution in [0.4, 0.5) is 5.69 Å². The lowest BCUT2D eigenvalue weighted by Gasteiger charge is -2.17. The Morgan fingerprint density at radius 2 is 1.82 bits per heavy atom. The number of sulfonamides is 1. The Balaban J connectivity index is 2.03. The summed E-state index contributed by atoms with van der Waals surface area (Å²) in [6, 6.07) is 11.9. The zero-order chi connectivity index (χ0) is 20.7. The van der Waals surface area contributed by atoms with E-state index in [2.05, 4.69) is 10.6 Å². The van der Waals surface area contributed by atoms with Crippen molar-refractivity contribution in [3.63, 3.8) is 0 Å². The highest BCUT2D eigenvalue weighted by Crippen LogP contribution is 2.29. The summed E-state index contributed by atoms with van der Waals surface area (Å²) in [5, 5.41) is 6.36. The summed E-state index contributed by atoms with van der Waals surface area (Å²) in [6.07, 6.45) is 0. The molecule has 0 spiro atoms. The molecule has 0 unspecified atom stereocenters. The molecule has 0 aliphatic carbocycles. The minimum Gasteiger partial charge on any atom is -0.492 e. The van der Waals surface area contributed by atoms with Crippen molar-refractivity contribution in [2.24, 2.45) is 0 Å². The van der Waals surface area contributed by atoms with E-state index >= 15 is 0 Å². The van der Waals surface area contributed by atoms with E-state index in [0.29, 0.717) is 23.9 Å². The molecule has 0 aromatic heterocycles. The first-order chi connectivity index (χ1) is 13.2. The SMILES string of the molecule is CCOc1ccc(NCC(=O)NCc2ccc(Cl)cc2)cc1S(=O)(=O)N(C)C. The van der Waals surface area contributed by atoms with Gasteiger partial charge in [0.05, 0.1) is 13.2 Å². The number of carbonyl (C=O) groups excluding carboxylic acids is 1. The molecule has 0 bridgehead atoms. The first-order valence-electron chi connectivity index (χ1n) is 8.68. The van der Waals surface area contributed by atoms with Crippen molar-refractivity contribution in [1.29, 1.82) is 0 Å². The van der Waals surface area contributed by atoms with Crippen molar-refractivity contribution < 1.29 is 17.9 Å². The highest BCUT2D eigenvalue weighted by atomic mass is 35.5. The molecule has 2 N–H and O–H groups in total.